The van der Waals surface area contributed by atoms with Crippen molar-refractivity contribution in [1.82, 2.24) is 14.8 Å². The third-order valence-electron chi connectivity index (χ3n) is 7.50. The van der Waals surface area contributed by atoms with Crippen molar-refractivity contribution < 1.29 is 14.3 Å². The second-order valence-electron chi connectivity index (χ2n) is 9.96. The number of amides is 2. The number of benzene rings is 2. The molecular weight excluding hydrogens is 462 g/mol. The number of piperidine rings is 1. The van der Waals surface area contributed by atoms with Crippen LogP contribution in [0.3, 0.4) is 0 Å². The molecule has 3 heterocycles. The normalized spacial score (nSPS) is 16.2. The van der Waals surface area contributed by atoms with Crippen molar-refractivity contribution in [3.63, 3.8) is 0 Å². The molecule has 0 bridgehead atoms. The van der Waals surface area contributed by atoms with Crippen LogP contribution >= 0.6 is 0 Å². The van der Waals surface area contributed by atoms with Crippen LogP contribution in [-0.4, -0.2) is 59.9 Å². The second kappa shape index (κ2) is 10.9. The molecule has 0 saturated carbocycles. The molecule has 2 aliphatic heterocycles. The van der Waals surface area contributed by atoms with E-state index in [1.807, 2.05) is 70.5 Å². The molecule has 1 spiro atoms. The molecule has 0 atom stereocenters. The van der Waals surface area contributed by atoms with Crippen LogP contribution in [0.15, 0.2) is 73.1 Å². The average molecular weight is 494 g/mol. The van der Waals surface area contributed by atoms with Gasteiger partial charge in [0.1, 0.15) is 5.75 Å². The van der Waals surface area contributed by atoms with Crippen molar-refractivity contribution >= 4 is 11.8 Å². The minimum Gasteiger partial charge on any atom is -0.497 e. The molecule has 0 aliphatic carbocycles. The van der Waals surface area contributed by atoms with Gasteiger partial charge in [0.2, 0.25) is 5.91 Å². The molecule has 37 heavy (non-hydrogen) atoms. The maximum atomic E-state index is 13.3. The van der Waals surface area contributed by atoms with Crippen LogP contribution in [0.4, 0.5) is 0 Å². The van der Waals surface area contributed by atoms with Crippen LogP contribution in [0.5, 0.6) is 5.75 Å². The van der Waals surface area contributed by atoms with E-state index in [1.165, 1.54) is 0 Å². The molecular formula is C31H31N3O3. The van der Waals surface area contributed by atoms with E-state index in [2.05, 4.69) is 16.8 Å². The van der Waals surface area contributed by atoms with E-state index >= 15 is 0 Å². The van der Waals surface area contributed by atoms with Crippen molar-refractivity contribution in [2.45, 2.75) is 25.7 Å². The van der Waals surface area contributed by atoms with E-state index in [4.69, 9.17) is 4.74 Å². The fraction of sp³-hybridized carbons (Fsp3) is 0.323. The molecule has 0 unspecified atom stereocenters. The first-order chi connectivity index (χ1) is 18.0. The Morgan fingerprint density at radius 1 is 0.892 bits per heavy atom. The molecule has 3 aromatic rings. The molecule has 2 amide bonds. The molecule has 2 saturated heterocycles. The van der Waals surface area contributed by atoms with Gasteiger partial charge in [0.05, 0.1) is 19.1 Å². The van der Waals surface area contributed by atoms with Gasteiger partial charge in [-0.1, -0.05) is 42.2 Å². The fourth-order valence-corrected chi connectivity index (χ4v) is 5.29. The summed E-state index contributed by atoms with van der Waals surface area (Å²) >= 11 is 0. The highest BCUT2D eigenvalue weighted by Crippen LogP contribution is 2.41. The Morgan fingerprint density at radius 3 is 2.38 bits per heavy atom. The summed E-state index contributed by atoms with van der Waals surface area (Å²) < 4.78 is 5.28. The standard InChI is InChI=1S/C31H31N3O3/c1-37-28-9-5-8-25(19-28)20-29(35)33-15-12-31(13-16-33)14-17-34(23-31)30(36)27-18-26(21-32-22-27)11-10-24-6-3-2-4-7-24/h2-9,18-19,21-22H,12-17,20,23H2,1H3. The minimum absolute atomic E-state index is 0.00395. The summed E-state index contributed by atoms with van der Waals surface area (Å²) in [7, 11) is 1.63. The first kappa shape index (κ1) is 24.6. The lowest BCUT2D eigenvalue weighted by atomic mass is 9.77. The Bertz CT molecular complexity index is 1330. The van der Waals surface area contributed by atoms with Gasteiger partial charge in [-0.25, -0.2) is 0 Å². The Hall–Kier alpha value is -4.11. The zero-order valence-electron chi connectivity index (χ0n) is 21.2. The first-order valence-corrected chi connectivity index (χ1v) is 12.8. The predicted molar refractivity (Wildman–Crippen MR) is 142 cm³/mol. The Balaban J connectivity index is 1.17. The van der Waals surface area contributed by atoms with E-state index in [0.29, 0.717) is 12.0 Å². The summed E-state index contributed by atoms with van der Waals surface area (Å²) in [4.78, 5) is 34.4. The van der Waals surface area contributed by atoms with Gasteiger partial charge in [-0.15, -0.1) is 0 Å². The van der Waals surface area contributed by atoms with Gasteiger partial charge in [-0.05, 0) is 60.6 Å². The molecule has 2 aromatic carbocycles. The zero-order chi connectivity index (χ0) is 25.7. The van der Waals surface area contributed by atoms with Crippen molar-refractivity contribution in [3.8, 4) is 17.6 Å². The lowest BCUT2D eigenvalue weighted by Gasteiger charge is -2.39. The lowest BCUT2D eigenvalue weighted by molar-refractivity contribution is -0.132. The highest BCUT2D eigenvalue weighted by atomic mass is 16.5. The number of methoxy groups -OCH3 is 1. The van der Waals surface area contributed by atoms with E-state index in [1.54, 1.807) is 19.5 Å². The number of pyridine rings is 1. The Labute approximate surface area is 218 Å². The SMILES string of the molecule is COc1cccc(CC(=O)N2CCC3(CC2)CCN(C(=O)c2cncc(C#Cc4ccccc4)c2)C3)c1. The summed E-state index contributed by atoms with van der Waals surface area (Å²) in [6, 6.07) is 19.3. The number of carbonyl (C=O) groups is 2. The van der Waals surface area contributed by atoms with Gasteiger partial charge in [-0.2, -0.15) is 0 Å². The molecule has 2 aliphatic rings. The van der Waals surface area contributed by atoms with Crippen LogP contribution in [0.2, 0.25) is 0 Å². The summed E-state index contributed by atoms with van der Waals surface area (Å²) in [6.45, 7) is 2.92. The van der Waals surface area contributed by atoms with Crippen molar-refractivity contribution in [3.05, 3.63) is 95.3 Å². The topological polar surface area (TPSA) is 62.7 Å². The Kier molecular flexibility index (Phi) is 7.23. The van der Waals surface area contributed by atoms with E-state index in [9.17, 15) is 9.59 Å². The molecule has 2 fully saturated rings. The molecule has 5 rings (SSSR count). The van der Waals surface area contributed by atoms with Gasteiger partial charge < -0.3 is 14.5 Å². The predicted octanol–water partition coefficient (Wildman–Crippen LogP) is 4.19. The molecule has 6 heteroatoms. The zero-order valence-corrected chi connectivity index (χ0v) is 21.2. The van der Waals surface area contributed by atoms with Gasteiger partial charge in [0.15, 0.2) is 0 Å². The van der Waals surface area contributed by atoms with Crippen LogP contribution in [0, 0.1) is 17.3 Å². The van der Waals surface area contributed by atoms with Gasteiger partial charge in [0, 0.05) is 49.7 Å². The number of hydrogen-bond acceptors (Lipinski definition) is 4. The largest absolute Gasteiger partial charge is 0.497 e. The molecule has 0 radical (unpaired) electrons. The number of hydrogen-bond donors (Lipinski definition) is 0. The molecule has 188 valence electrons. The van der Waals surface area contributed by atoms with E-state index in [0.717, 1.165) is 67.9 Å². The smallest absolute Gasteiger partial charge is 0.255 e. The van der Waals surface area contributed by atoms with Gasteiger partial charge >= 0.3 is 0 Å². The monoisotopic (exact) mass is 493 g/mol. The third kappa shape index (κ3) is 5.83. The number of likely N-dealkylation sites (tertiary alicyclic amines) is 2. The number of ether oxygens (including phenoxy) is 1. The average Bonchev–Trinajstić information content (AvgIpc) is 3.36. The first-order valence-electron chi connectivity index (χ1n) is 12.8. The van der Waals surface area contributed by atoms with E-state index < -0.39 is 0 Å². The highest BCUT2D eigenvalue weighted by molar-refractivity contribution is 5.94. The fourth-order valence-electron chi connectivity index (χ4n) is 5.29. The number of nitrogens with zero attached hydrogens (tertiary/aromatic N) is 3. The molecule has 6 nitrogen and oxygen atoms in total. The molecule has 0 N–H and O–H groups in total. The van der Waals surface area contributed by atoms with Crippen LogP contribution in [-0.2, 0) is 11.2 Å². The van der Waals surface area contributed by atoms with Crippen molar-refractivity contribution in [2.75, 3.05) is 33.3 Å². The lowest BCUT2D eigenvalue weighted by Crippen LogP contribution is -2.45. The minimum atomic E-state index is 0.00395. The third-order valence-corrected chi connectivity index (χ3v) is 7.50. The van der Waals surface area contributed by atoms with Gasteiger partial charge in [0.25, 0.3) is 5.91 Å². The van der Waals surface area contributed by atoms with Gasteiger partial charge in [-0.3, -0.25) is 14.6 Å². The van der Waals surface area contributed by atoms with E-state index in [-0.39, 0.29) is 17.2 Å². The number of carbonyl (C=O) groups excluding carboxylic acids is 2. The van der Waals surface area contributed by atoms with Crippen molar-refractivity contribution in [2.24, 2.45) is 5.41 Å². The Morgan fingerprint density at radius 2 is 1.62 bits per heavy atom. The highest BCUT2D eigenvalue weighted by Gasteiger charge is 2.42. The summed E-state index contributed by atoms with van der Waals surface area (Å²) in [5, 5.41) is 0. The summed E-state index contributed by atoms with van der Waals surface area (Å²) in [6.07, 6.45) is 6.50. The number of aromatic nitrogens is 1. The van der Waals surface area contributed by atoms with Crippen LogP contribution in [0.25, 0.3) is 0 Å². The second-order valence-corrected chi connectivity index (χ2v) is 9.96. The summed E-state index contributed by atoms with van der Waals surface area (Å²) in [5.74, 6) is 7.16. The summed E-state index contributed by atoms with van der Waals surface area (Å²) in [5.41, 5.74) is 3.27. The number of rotatable bonds is 4. The quantitative estimate of drug-likeness (QED) is 0.512. The maximum absolute atomic E-state index is 13.3. The van der Waals surface area contributed by atoms with Crippen LogP contribution < -0.4 is 4.74 Å². The molecule has 1 aromatic heterocycles. The maximum Gasteiger partial charge on any atom is 0.255 e. The van der Waals surface area contributed by atoms with Crippen molar-refractivity contribution in [1.29, 1.82) is 0 Å². The van der Waals surface area contributed by atoms with Crippen LogP contribution in [0.1, 0.15) is 46.3 Å².